The Hall–Kier alpha value is -4.62. The maximum atomic E-state index is 2.34. The second-order valence-corrected chi connectivity index (χ2v) is 10.5. The summed E-state index contributed by atoms with van der Waals surface area (Å²) in [5, 5.41) is 5.35. The molecule has 1 heteroatoms. The van der Waals surface area contributed by atoms with Gasteiger partial charge in [-0.05, 0) is 114 Å². The molecule has 0 aliphatic rings. The van der Waals surface area contributed by atoms with Crippen molar-refractivity contribution < 1.29 is 0 Å². The highest BCUT2D eigenvalue weighted by molar-refractivity contribution is 6.11. The topological polar surface area (TPSA) is 3.24 Å². The largest absolute Gasteiger partial charge is 0.311 e. The van der Waals surface area contributed by atoms with Crippen molar-refractivity contribution in [3.63, 3.8) is 0 Å². The van der Waals surface area contributed by atoms with Crippen LogP contribution in [0.25, 0.3) is 33.7 Å². The summed E-state index contributed by atoms with van der Waals surface area (Å²) in [6.45, 7) is 8.77. The van der Waals surface area contributed by atoms with Gasteiger partial charge in [0.25, 0.3) is 0 Å². The molecule has 190 valence electrons. The number of anilines is 3. The van der Waals surface area contributed by atoms with E-state index in [1.807, 2.05) is 0 Å². The van der Waals surface area contributed by atoms with Gasteiger partial charge >= 0.3 is 0 Å². The molecule has 0 fully saturated rings. The Balaban J connectivity index is 1.34. The van der Waals surface area contributed by atoms with E-state index in [1.54, 1.807) is 0 Å². The molecule has 6 aromatic rings. The fraction of sp³-hybridized carbons (Fsp3) is 0.105. The van der Waals surface area contributed by atoms with Crippen molar-refractivity contribution in [2.45, 2.75) is 27.7 Å². The third-order valence-corrected chi connectivity index (χ3v) is 7.81. The molecular weight excluding hydrogens is 470 g/mol. The van der Waals surface area contributed by atoms with Crippen LogP contribution in [0, 0.1) is 27.7 Å². The number of nitrogens with zero attached hydrogens (tertiary/aromatic N) is 1. The Morgan fingerprint density at radius 2 is 0.897 bits per heavy atom. The molecule has 0 spiro atoms. The van der Waals surface area contributed by atoms with Crippen LogP contribution in [-0.2, 0) is 0 Å². The highest BCUT2D eigenvalue weighted by Gasteiger charge is 2.12. The second kappa shape index (κ2) is 10.3. The first kappa shape index (κ1) is 24.7. The minimum absolute atomic E-state index is 1.14. The summed E-state index contributed by atoms with van der Waals surface area (Å²) in [5.41, 5.74) is 11.1. The molecule has 0 N–H and O–H groups in total. The van der Waals surface area contributed by atoms with Gasteiger partial charge in [-0.25, -0.2) is 0 Å². The third-order valence-electron chi connectivity index (χ3n) is 7.81. The minimum Gasteiger partial charge on any atom is -0.311 e. The van der Waals surface area contributed by atoms with Crippen molar-refractivity contribution in [1.29, 1.82) is 0 Å². The molecule has 0 aromatic heterocycles. The van der Waals surface area contributed by atoms with Crippen LogP contribution >= 0.6 is 0 Å². The molecule has 0 amide bonds. The molecule has 0 radical (unpaired) electrons. The lowest BCUT2D eigenvalue weighted by atomic mass is 9.91. The highest BCUT2D eigenvalue weighted by atomic mass is 15.1. The summed E-state index contributed by atoms with van der Waals surface area (Å²) in [7, 11) is 0. The molecule has 0 atom stereocenters. The summed E-state index contributed by atoms with van der Waals surface area (Å²) < 4.78 is 0. The van der Waals surface area contributed by atoms with E-state index in [1.165, 1.54) is 54.9 Å². The van der Waals surface area contributed by atoms with Gasteiger partial charge in [-0.2, -0.15) is 0 Å². The summed E-state index contributed by atoms with van der Waals surface area (Å²) in [6, 6.07) is 41.7. The van der Waals surface area contributed by atoms with E-state index in [0.29, 0.717) is 0 Å². The van der Waals surface area contributed by atoms with E-state index in [4.69, 9.17) is 0 Å². The summed E-state index contributed by atoms with van der Waals surface area (Å²) >= 11 is 0. The smallest absolute Gasteiger partial charge is 0.0462 e. The Bertz CT molecular complexity index is 1810. The van der Waals surface area contributed by atoms with E-state index in [9.17, 15) is 0 Å². The fourth-order valence-corrected chi connectivity index (χ4v) is 5.47. The second-order valence-electron chi connectivity index (χ2n) is 10.5. The van der Waals surface area contributed by atoms with E-state index in [-0.39, 0.29) is 0 Å². The van der Waals surface area contributed by atoms with Gasteiger partial charge in [0.05, 0.1) is 0 Å². The average Bonchev–Trinajstić information content (AvgIpc) is 2.97. The van der Waals surface area contributed by atoms with Gasteiger partial charge in [-0.15, -0.1) is 0 Å². The molecular formula is C38H33N. The Morgan fingerprint density at radius 3 is 1.56 bits per heavy atom. The predicted molar refractivity (Wildman–Crippen MR) is 170 cm³/mol. The molecule has 0 unspecified atom stereocenters. The molecule has 0 bridgehead atoms. The van der Waals surface area contributed by atoms with Gasteiger partial charge < -0.3 is 4.90 Å². The number of hydrogen-bond donors (Lipinski definition) is 0. The number of rotatable bonds is 5. The molecule has 0 saturated heterocycles. The molecule has 0 saturated carbocycles. The molecule has 39 heavy (non-hydrogen) atoms. The van der Waals surface area contributed by atoms with Crippen molar-refractivity contribution in [3.8, 4) is 0 Å². The molecule has 6 rings (SSSR count). The van der Waals surface area contributed by atoms with Gasteiger partial charge in [0.15, 0.2) is 0 Å². The van der Waals surface area contributed by atoms with E-state index < -0.39 is 0 Å². The van der Waals surface area contributed by atoms with Gasteiger partial charge in [-0.3, -0.25) is 0 Å². The molecule has 0 aliphatic carbocycles. The summed E-state index contributed by atoms with van der Waals surface area (Å²) in [5.74, 6) is 0. The monoisotopic (exact) mass is 503 g/mol. The van der Waals surface area contributed by atoms with Crippen molar-refractivity contribution in [2.75, 3.05) is 4.90 Å². The summed E-state index contributed by atoms with van der Waals surface area (Å²) in [4.78, 5) is 2.30. The van der Waals surface area contributed by atoms with E-state index in [2.05, 4.69) is 160 Å². The lowest BCUT2D eigenvalue weighted by molar-refractivity contribution is 1.27. The number of fused-ring (bicyclic) bond motifs is 3. The number of benzene rings is 6. The van der Waals surface area contributed by atoms with E-state index in [0.717, 1.165) is 17.1 Å². The highest BCUT2D eigenvalue weighted by Crippen LogP contribution is 2.35. The maximum absolute atomic E-state index is 2.34. The lowest BCUT2D eigenvalue weighted by Gasteiger charge is -2.25. The van der Waals surface area contributed by atoms with Crippen molar-refractivity contribution in [2.24, 2.45) is 0 Å². The average molecular weight is 504 g/mol. The Morgan fingerprint density at radius 1 is 0.410 bits per heavy atom. The third kappa shape index (κ3) is 4.84. The first-order valence-electron chi connectivity index (χ1n) is 13.6. The molecule has 1 nitrogen and oxygen atoms in total. The van der Waals surface area contributed by atoms with Gasteiger partial charge in [0, 0.05) is 17.1 Å². The van der Waals surface area contributed by atoms with Crippen LogP contribution in [0.15, 0.2) is 115 Å². The van der Waals surface area contributed by atoms with Crippen LogP contribution in [0.4, 0.5) is 17.1 Å². The standard InChI is InChI=1S/C38H33N/c1-26-10-18-33(19-11-26)39(32-8-6-5-7-9-32)34-20-15-30(16-21-34)13-14-31-17-23-36-29(4)28(3)35-22-12-27(2)24-37(35)38(36)25-31/h5-25H,1-4H3. The van der Waals surface area contributed by atoms with Crippen LogP contribution in [0.1, 0.15) is 33.4 Å². The zero-order valence-corrected chi connectivity index (χ0v) is 23.1. The Kier molecular flexibility index (Phi) is 6.50. The Labute approximate surface area is 231 Å². The minimum atomic E-state index is 1.14. The number of aryl methyl sites for hydroxylation is 4. The fourth-order valence-electron chi connectivity index (χ4n) is 5.47. The van der Waals surface area contributed by atoms with Crippen LogP contribution < -0.4 is 4.90 Å². The predicted octanol–water partition coefficient (Wildman–Crippen LogP) is 10.9. The zero-order chi connectivity index (χ0) is 26.9. The quantitative estimate of drug-likeness (QED) is 0.167. The molecule has 6 aromatic carbocycles. The van der Waals surface area contributed by atoms with Crippen LogP contribution in [0.5, 0.6) is 0 Å². The maximum Gasteiger partial charge on any atom is 0.0462 e. The first-order valence-corrected chi connectivity index (χ1v) is 13.6. The van der Waals surface area contributed by atoms with Gasteiger partial charge in [0.2, 0.25) is 0 Å². The normalized spacial score (nSPS) is 11.5. The van der Waals surface area contributed by atoms with Crippen molar-refractivity contribution in [1.82, 2.24) is 0 Å². The van der Waals surface area contributed by atoms with Crippen LogP contribution in [0.3, 0.4) is 0 Å². The number of para-hydroxylation sites is 1. The number of hydrogen-bond acceptors (Lipinski definition) is 1. The van der Waals surface area contributed by atoms with Crippen molar-refractivity contribution in [3.05, 3.63) is 149 Å². The van der Waals surface area contributed by atoms with Gasteiger partial charge in [-0.1, -0.05) is 96.1 Å². The first-order chi connectivity index (χ1) is 19.0. The van der Waals surface area contributed by atoms with Crippen LogP contribution in [0.2, 0.25) is 0 Å². The lowest BCUT2D eigenvalue weighted by Crippen LogP contribution is -2.09. The molecule has 0 heterocycles. The van der Waals surface area contributed by atoms with Crippen molar-refractivity contribution >= 4 is 50.8 Å². The molecule has 0 aliphatic heterocycles. The SMILES string of the molecule is Cc1ccc(N(c2ccccc2)c2ccc(C=Cc3ccc4c(C)c(C)c5ccc(C)cc5c4c3)cc2)cc1. The summed E-state index contributed by atoms with van der Waals surface area (Å²) in [6.07, 6.45) is 4.43. The van der Waals surface area contributed by atoms with E-state index >= 15 is 0 Å². The zero-order valence-electron chi connectivity index (χ0n) is 23.1. The van der Waals surface area contributed by atoms with Crippen LogP contribution in [-0.4, -0.2) is 0 Å². The van der Waals surface area contributed by atoms with Gasteiger partial charge in [0.1, 0.15) is 0 Å².